The Morgan fingerprint density at radius 1 is 1.12 bits per heavy atom. The smallest absolute Gasteiger partial charge is 0.406 e. The maximum absolute atomic E-state index is 12.4. The highest BCUT2D eigenvalue weighted by Gasteiger charge is 2.31. The second-order valence-electron chi connectivity index (χ2n) is 6.97. The molecule has 1 aromatic carbocycles. The van der Waals surface area contributed by atoms with Crippen LogP contribution in [-0.2, 0) is 4.79 Å². The molecule has 8 heteroatoms. The predicted molar refractivity (Wildman–Crippen MR) is 94.1 cm³/mol. The summed E-state index contributed by atoms with van der Waals surface area (Å²) in [6, 6.07) is 4.84. The molecule has 5 nitrogen and oxygen atoms in total. The molecule has 26 heavy (non-hydrogen) atoms. The molecule has 1 aromatic rings. The zero-order chi connectivity index (χ0) is 19.3. The van der Waals surface area contributed by atoms with Crippen LogP contribution in [0, 0.1) is 5.92 Å². The Hall–Kier alpha value is -1.80. The van der Waals surface area contributed by atoms with Gasteiger partial charge in [-0.1, -0.05) is 13.8 Å². The van der Waals surface area contributed by atoms with Crippen molar-refractivity contribution >= 4 is 11.6 Å². The first-order chi connectivity index (χ1) is 12.1. The van der Waals surface area contributed by atoms with E-state index in [-0.39, 0.29) is 17.7 Å². The van der Waals surface area contributed by atoms with E-state index >= 15 is 0 Å². The number of alkyl halides is 3. The van der Waals surface area contributed by atoms with Gasteiger partial charge in [-0.05, 0) is 37.1 Å². The van der Waals surface area contributed by atoms with Crippen LogP contribution < -0.4 is 10.1 Å². The van der Waals surface area contributed by atoms with Gasteiger partial charge >= 0.3 is 6.36 Å². The number of benzene rings is 1. The molecule has 0 aromatic heterocycles. The van der Waals surface area contributed by atoms with Crippen LogP contribution in [0.4, 0.5) is 18.9 Å². The quantitative estimate of drug-likeness (QED) is 0.832. The number of anilines is 1. The van der Waals surface area contributed by atoms with Gasteiger partial charge in [-0.2, -0.15) is 0 Å². The minimum Gasteiger partial charge on any atom is -0.406 e. The van der Waals surface area contributed by atoms with Gasteiger partial charge in [0.15, 0.2) is 0 Å². The molecule has 0 aliphatic carbocycles. The maximum atomic E-state index is 12.4. The number of carbonyl (C=O) groups is 1. The van der Waals surface area contributed by atoms with Crippen LogP contribution in [0.5, 0.6) is 5.75 Å². The van der Waals surface area contributed by atoms with Crippen molar-refractivity contribution in [1.82, 2.24) is 9.80 Å². The summed E-state index contributed by atoms with van der Waals surface area (Å²) in [5.41, 5.74) is 0.440. The van der Waals surface area contributed by atoms with Crippen molar-refractivity contribution in [3.8, 4) is 5.75 Å². The number of nitrogens with zero attached hydrogens (tertiary/aromatic N) is 2. The van der Waals surface area contributed by atoms with Crippen LogP contribution >= 0.6 is 0 Å². The van der Waals surface area contributed by atoms with Crippen molar-refractivity contribution in [3.05, 3.63) is 24.3 Å². The number of amides is 1. The molecule has 1 heterocycles. The second kappa shape index (κ2) is 8.73. The third-order valence-electron chi connectivity index (χ3n) is 4.31. The van der Waals surface area contributed by atoms with Gasteiger partial charge in [0.2, 0.25) is 5.91 Å². The summed E-state index contributed by atoms with van der Waals surface area (Å²) in [6.45, 7) is 10.8. The summed E-state index contributed by atoms with van der Waals surface area (Å²) in [7, 11) is 0. The van der Waals surface area contributed by atoms with Crippen LogP contribution in [0.15, 0.2) is 24.3 Å². The van der Waals surface area contributed by atoms with E-state index in [1.165, 1.54) is 24.3 Å². The molecular weight excluding hydrogens is 347 g/mol. The fourth-order valence-electron chi connectivity index (χ4n) is 3.00. The van der Waals surface area contributed by atoms with Gasteiger partial charge in [0.05, 0.1) is 6.04 Å². The van der Waals surface area contributed by atoms with Gasteiger partial charge < -0.3 is 15.0 Å². The summed E-state index contributed by atoms with van der Waals surface area (Å²) in [5.74, 6) is 0.128. The highest BCUT2D eigenvalue weighted by atomic mass is 19.4. The van der Waals surface area contributed by atoms with E-state index in [2.05, 4.69) is 33.7 Å². The molecular formula is C18H26F3N3O2. The number of hydrogen-bond acceptors (Lipinski definition) is 4. The van der Waals surface area contributed by atoms with Crippen molar-refractivity contribution in [2.24, 2.45) is 5.92 Å². The van der Waals surface area contributed by atoms with E-state index < -0.39 is 6.36 Å². The number of nitrogens with one attached hydrogen (secondary N) is 1. The lowest BCUT2D eigenvalue weighted by Crippen LogP contribution is -2.53. The van der Waals surface area contributed by atoms with E-state index in [0.717, 1.165) is 32.7 Å². The molecule has 1 aliphatic heterocycles. The van der Waals surface area contributed by atoms with Gasteiger partial charge in [0.25, 0.3) is 0 Å². The predicted octanol–water partition coefficient (Wildman–Crippen LogP) is 3.19. The summed E-state index contributed by atoms with van der Waals surface area (Å²) in [6.07, 6.45) is -4.73. The molecule has 1 aliphatic rings. The minimum absolute atomic E-state index is 0.174. The van der Waals surface area contributed by atoms with Crippen molar-refractivity contribution < 1.29 is 22.7 Å². The Bertz CT molecular complexity index is 582. The Morgan fingerprint density at radius 2 is 1.69 bits per heavy atom. The van der Waals surface area contributed by atoms with Crippen LogP contribution in [0.2, 0.25) is 0 Å². The lowest BCUT2D eigenvalue weighted by Gasteiger charge is -2.38. The molecule has 1 unspecified atom stereocenters. The fraction of sp³-hybridized carbons (Fsp3) is 0.611. The minimum atomic E-state index is -4.73. The summed E-state index contributed by atoms with van der Waals surface area (Å²) in [5, 5.41) is 2.74. The van der Waals surface area contributed by atoms with Crippen LogP contribution in [0.25, 0.3) is 0 Å². The highest BCUT2D eigenvalue weighted by Crippen LogP contribution is 2.24. The molecule has 0 bridgehead atoms. The summed E-state index contributed by atoms with van der Waals surface area (Å²) < 4.78 is 40.3. The number of ether oxygens (including phenoxy) is 1. The Kier molecular flexibility index (Phi) is 6.88. The number of halogens is 3. The van der Waals surface area contributed by atoms with Gasteiger partial charge in [0.1, 0.15) is 5.75 Å². The SMILES string of the molecule is CC(C)CN1CCN(C(C)C(=O)Nc2ccc(OC(F)(F)F)cc2)CC1. The molecule has 0 spiro atoms. The zero-order valence-electron chi connectivity index (χ0n) is 15.3. The van der Waals surface area contributed by atoms with E-state index in [1.807, 2.05) is 6.92 Å². The standard InChI is InChI=1S/C18H26F3N3O2/c1-13(2)12-23-8-10-24(11-9-23)14(3)17(25)22-15-4-6-16(7-5-15)26-18(19,20)21/h4-7,13-14H,8-12H2,1-3H3,(H,22,25). The van der Waals surface area contributed by atoms with Crippen molar-refractivity contribution in [2.75, 3.05) is 38.0 Å². The third-order valence-corrected chi connectivity index (χ3v) is 4.31. The molecule has 1 atom stereocenters. The molecule has 1 fully saturated rings. The van der Waals surface area contributed by atoms with Gasteiger partial charge in [-0.15, -0.1) is 13.2 Å². The van der Waals surface area contributed by atoms with Gasteiger partial charge in [0, 0.05) is 38.4 Å². The highest BCUT2D eigenvalue weighted by molar-refractivity contribution is 5.94. The molecule has 146 valence electrons. The Labute approximate surface area is 152 Å². The van der Waals surface area contributed by atoms with Gasteiger partial charge in [-0.3, -0.25) is 9.69 Å². The van der Waals surface area contributed by atoms with E-state index in [0.29, 0.717) is 11.6 Å². The molecule has 1 N–H and O–H groups in total. The normalized spacial score (nSPS) is 18.0. The first-order valence-corrected chi connectivity index (χ1v) is 8.77. The van der Waals surface area contributed by atoms with E-state index in [4.69, 9.17) is 0 Å². The monoisotopic (exact) mass is 373 g/mol. The largest absolute Gasteiger partial charge is 0.573 e. The zero-order valence-corrected chi connectivity index (χ0v) is 15.3. The molecule has 0 saturated carbocycles. The average molecular weight is 373 g/mol. The maximum Gasteiger partial charge on any atom is 0.573 e. The summed E-state index contributed by atoms with van der Waals surface area (Å²) >= 11 is 0. The lowest BCUT2D eigenvalue weighted by atomic mass is 10.1. The topological polar surface area (TPSA) is 44.8 Å². The number of piperazine rings is 1. The second-order valence-corrected chi connectivity index (χ2v) is 6.97. The molecule has 1 saturated heterocycles. The van der Waals surface area contributed by atoms with Crippen molar-refractivity contribution in [1.29, 1.82) is 0 Å². The number of hydrogen-bond donors (Lipinski definition) is 1. The number of rotatable bonds is 6. The van der Waals surface area contributed by atoms with Crippen LogP contribution in [0.1, 0.15) is 20.8 Å². The van der Waals surface area contributed by atoms with Crippen molar-refractivity contribution in [2.45, 2.75) is 33.2 Å². The average Bonchev–Trinajstić information content (AvgIpc) is 2.55. The molecule has 1 amide bonds. The lowest BCUT2D eigenvalue weighted by molar-refractivity contribution is -0.274. The third kappa shape index (κ3) is 6.49. The summed E-state index contributed by atoms with van der Waals surface area (Å²) in [4.78, 5) is 16.9. The van der Waals surface area contributed by atoms with Crippen LogP contribution in [-0.4, -0.2) is 60.8 Å². The van der Waals surface area contributed by atoms with E-state index in [1.54, 1.807) is 0 Å². The molecule has 2 rings (SSSR count). The Morgan fingerprint density at radius 3 is 2.19 bits per heavy atom. The molecule has 0 radical (unpaired) electrons. The van der Waals surface area contributed by atoms with Gasteiger partial charge in [-0.25, -0.2) is 0 Å². The fourth-order valence-corrected chi connectivity index (χ4v) is 3.00. The van der Waals surface area contributed by atoms with E-state index in [9.17, 15) is 18.0 Å². The van der Waals surface area contributed by atoms with Crippen LogP contribution in [0.3, 0.4) is 0 Å². The first-order valence-electron chi connectivity index (χ1n) is 8.77. The first kappa shape index (κ1) is 20.5. The number of carbonyl (C=O) groups excluding carboxylic acids is 1. The van der Waals surface area contributed by atoms with Crippen molar-refractivity contribution in [3.63, 3.8) is 0 Å². The Balaban J connectivity index is 1.84.